The first-order chi connectivity index (χ1) is 7.35. The summed E-state index contributed by atoms with van der Waals surface area (Å²) in [4.78, 5) is 0. The lowest BCUT2D eigenvalue weighted by atomic mass is 10.0. The Bertz CT molecular complexity index is 113. The molecule has 0 amide bonds. The van der Waals surface area contributed by atoms with Gasteiger partial charge < -0.3 is 15.3 Å². The van der Waals surface area contributed by atoms with Crippen molar-refractivity contribution in [2.75, 3.05) is 19.8 Å². The molecule has 0 aliphatic rings. The highest BCUT2D eigenvalue weighted by Gasteiger charge is 2.04. The predicted octanol–water partition coefficient (Wildman–Crippen LogP) is 1.70. The number of unbranched alkanes of at least 4 members (excludes halogenated alkanes) is 6. The summed E-state index contributed by atoms with van der Waals surface area (Å²) in [7, 11) is 0. The van der Waals surface area contributed by atoms with Gasteiger partial charge in [-0.15, -0.1) is 0 Å². The average Bonchev–Trinajstić information content (AvgIpc) is 2.27. The van der Waals surface area contributed by atoms with Gasteiger partial charge in [0.2, 0.25) is 0 Å². The van der Waals surface area contributed by atoms with Gasteiger partial charge in [0.15, 0.2) is 0 Å². The molecule has 92 valence electrons. The van der Waals surface area contributed by atoms with Crippen molar-refractivity contribution in [3.63, 3.8) is 0 Å². The number of hydrogen-bond acceptors (Lipinski definition) is 3. The summed E-state index contributed by atoms with van der Waals surface area (Å²) in [5, 5.41) is 26.3. The van der Waals surface area contributed by atoms with Crippen LogP contribution in [-0.2, 0) is 0 Å². The fraction of sp³-hybridized carbons (Fsp3) is 1.00. The molecule has 0 spiro atoms. The van der Waals surface area contributed by atoms with Gasteiger partial charge in [-0.3, -0.25) is 0 Å². The minimum atomic E-state index is 0.0828. The Labute approximate surface area is 93.1 Å². The zero-order chi connectivity index (χ0) is 11.4. The summed E-state index contributed by atoms with van der Waals surface area (Å²) in [6.07, 6.45) is 8.97. The standard InChI is InChI=1S/C12H26O3/c13-9-7-5-3-1-2-4-6-8-12(10-14)11-15/h12-15H,1-11H2. The van der Waals surface area contributed by atoms with E-state index in [0.29, 0.717) is 6.61 Å². The summed E-state index contributed by atoms with van der Waals surface area (Å²) in [6, 6.07) is 0. The van der Waals surface area contributed by atoms with Crippen molar-refractivity contribution in [1.82, 2.24) is 0 Å². The van der Waals surface area contributed by atoms with Crippen LogP contribution in [0.25, 0.3) is 0 Å². The van der Waals surface area contributed by atoms with E-state index in [1.807, 2.05) is 0 Å². The van der Waals surface area contributed by atoms with Gasteiger partial charge in [-0.25, -0.2) is 0 Å². The zero-order valence-electron chi connectivity index (χ0n) is 9.70. The van der Waals surface area contributed by atoms with E-state index < -0.39 is 0 Å². The predicted molar refractivity (Wildman–Crippen MR) is 61.7 cm³/mol. The maximum absolute atomic E-state index is 8.84. The van der Waals surface area contributed by atoms with Gasteiger partial charge in [0.25, 0.3) is 0 Å². The van der Waals surface area contributed by atoms with Gasteiger partial charge in [0, 0.05) is 25.7 Å². The molecule has 0 bridgehead atoms. The molecule has 0 unspecified atom stereocenters. The molecule has 0 fully saturated rings. The molecule has 0 radical (unpaired) electrons. The van der Waals surface area contributed by atoms with Crippen molar-refractivity contribution in [1.29, 1.82) is 0 Å². The van der Waals surface area contributed by atoms with Crippen LogP contribution in [0.4, 0.5) is 0 Å². The van der Waals surface area contributed by atoms with E-state index in [1.165, 1.54) is 25.7 Å². The highest BCUT2D eigenvalue weighted by Crippen LogP contribution is 2.12. The van der Waals surface area contributed by atoms with Gasteiger partial charge in [-0.2, -0.15) is 0 Å². The van der Waals surface area contributed by atoms with Crippen LogP contribution in [0.5, 0.6) is 0 Å². The first-order valence-electron chi connectivity index (χ1n) is 6.17. The molecule has 0 saturated carbocycles. The fourth-order valence-electron chi connectivity index (χ4n) is 1.67. The molecule has 0 atom stereocenters. The van der Waals surface area contributed by atoms with Crippen molar-refractivity contribution in [3.05, 3.63) is 0 Å². The van der Waals surface area contributed by atoms with Crippen LogP contribution >= 0.6 is 0 Å². The highest BCUT2D eigenvalue weighted by molar-refractivity contribution is 4.56. The number of aliphatic hydroxyl groups excluding tert-OH is 3. The maximum Gasteiger partial charge on any atom is 0.0481 e. The smallest absolute Gasteiger partial charge is 0.0481 e. The Kier molecular flexibility index (Phi) is 11.9. The van der Waals surface area contributed by atoms with Crippen molar-refractivity contribution >= 4 is 0 Å². The van der Waals surface area contributed by atoms with Crippen molar-refractivity contribution in [2.45, 2.75) is 51.4 Å². The molecule has 0 aliphatic heterocycles. The molecule has 0 heterocycles. The summed E-state index contributed by atoms with van der Waals surface area (Å²) in [5.41, 5.74) is 0. The van der Waals surface area contributed by atoms with Gasteiger partial charge in [0.05, 0.1) is 0 Å². The Morgan fingerprint density at radius 3 is 1.53 bits per heavy atom. The fourth-order valence-corrected chi connectivity index (χ4v) is 1.67. The Balaban J connectivity index is 3.04. The molecule has 0 aromatic rings. The van der Waals surface area contributed by atoms with E-state index in [0.717, 1.165) is 25.7 Å². The summed E-state index contributed by atoms with van der Waals surface area (Å²) in [5.74, 6) is 0.0828. The van der Waals surface area contributed by atoms with Crippen LogP contribution in [0.3, 0.4) is 0 Å². The van der Waals surface area contributed by atoms with Crippen LogP contribution in [0.2, 0.25) is 0 Å². The zero-order valence-corrected chi connectivity index (χ0v) is 9.70. The number of aliphatic hydroxyl groups is 3. The van der Waals surface area contributed by atoms with Crippen molar-refractivity contribution in [2.24, 2.45) is 5.92 Å². The van der Waals surface area contributed by atoms with Gasteiger partial charge in [-0.1, -0.05) is 38.5 Å². The second-order valence-corrected chi connectivity index (χ2v) is 4.22. The second-order valence-electron chi connectivity index (χ2n) is 4.22. The molecule has 15 heavy (non-hydrogen) atoms. The topological polar surface area (TPSA) is 60.7 Å². The normalized spacial score (nSPS) is 11.2. The lowest BCUT2D eigenvalue weighted by Gasteiger charge is -2.09. The molecule has 0 rings (SSSR count). The SMILES string of the molecule is OCCCCCCCCCC(CO)CO. The molecule has 0 aromatic carbocycles. The largest absolute Gasteiger partial charge is 0.396 e. The van der Waals surface area contributed by atoms with E-state index in [2.05, 4.69) is 0 Å². The second kappa shape index (κ2) is 12.0. The van der Waals surface area contributed by atoms with Crippen LogP contribution in [0.15, 0.2) is 0 Å². The molecular weight excluding hydrogens is 192 g/mol. The van der Waals surface area contributed by atoms with E-state index in [-0.39, 0.29) is 19.1 Å². The molecule has 3 nitrogen and oxygen atoms in total. The van der Waals surface area contributed by atoms with E-state index >= 15 is 0 Å². The van der Waals surface area contributed by atoms with E-state index in [4.69, 9.17) is 15.3 Å². The summed E-state index contributed by atoms with van der Waals surface area (Å²) >= 11 is 0. The summed E-state index contributed by atoms with van der Waals surface area (Å²) in [6.45, 7) is 0.523. The maximum atomic E-state index is 8.84. The van der Waals surface area contributed by atoms with Crippen molar-refractivity contribution in [3.8, 4) is 0 Å². The third-order valence-electron chi connectivity index (χ3n) is 2.79. The van der Waals surface area contributed by atoms with Gasteiger partial charge in [-0.05, 0) is 12.8 Å². The molecule has 3 heteroatoms. The third kappa shape index (κ3) is 10.2. The van der Waals surface area contributed by atoms with Crippen LogP contribution < -0.4 is 0 Å². The van der Waals surface area contributed by atoms with E-state index in [1.54, 1.807) is 0 Å². The third-order valence-corrected chi connectivity index (χ3v) is 2.79. The van der Waals surface area contributed by atoms with Crippen LogP contribution in [0.1, 0.15) is 51.4 Å². The first-order valence-corrected chi connectivity index (χ1v) is 6.17. The van der Waals surface area contributed by atoms with Gasteiger partial charge in [0.1, 0.15) is 0 Å². The monoisotopic (exact) mass is 218 g/mol. The molecular formula is C12H26O3. The Hall–Kier alpha value is -0.120. The first kappa shape index (κ1) is 14.9. The van der Waals surface area contributed by atoms with E-state index in [9.17, 15) is 0 Å². The minimum Gasteiger partial charge on any atom is -0.396 e. The van der Waals surface area contributed by atoms with Crippen LogP contribution in [0, 0.1) is 5.92 Å². The summed E-state index contributed by atoms with van der Waals surface area (Å²) < 4.78 is 0. The quantitative estimate of drug-likeness (QED) is 0.463. The Morgan fingerprint density at radius 1 is 0.600 bits per heavy atom. The average molecular weight is 218 g/mol. The van der Waals surface area contributed by atoms with Gasteiger partial charge >= 0.3 is 0 Å². The Morgan fingerprint density at radius 2 is 1.07 bits per heavy atom. The lowest BCUT2D eigenvalue weighted by Crippen LogP contribution is -2.10. The molecule has 0 aromatic heterocycles. The molecule has 0 aliphatic carbocycles. The molecule has 3 N–H and O–H groups in total. The highest BCUT2D eigenvalue weighted by atomic mass is 16.3. The number of hydrogen-bond donors (Lipinski definition) is 3. The lowest BCUT2D eigenvalue weighted by molar-refractivity contribution is 0.141. The van der Waals surface area contributed by atoms with Crippen LogP contribution in [-0.4, -0.2) is 35.1 Å². The van der Waals surface area contributed by atoms with Crippen molar-refractivity contribution < 1.29 is 15.3 Å². The number of rotatable bonds is 11. The minimum absolute atomic E-state index is 0.0828. The molecule has 0 saturated heterocycles.